The number of hydrogen-bond donors (Lipinski definition) is 2. The lowest BCUT2D eigenvalue weighted by molar-refractivity contribution is -0.116. The molecule has 3 aromatic rings. The number of amides is 1. The maximum absolute atomic E-state index is 12.0. The fraction of sp³-hybridized carbons (Fsp3) is 0.214. The Morgan fingerprint density at radius 3 is 3.10 bits per heavy atom. The van der Waals surface area contributed by atoms with E-state index >= 15 is 0 Å². The molecule has 1 aromatic carbocycles. The minimum atomic E-state index is -0.0584. The number of aryl methyl sites for hydroxylation is 2. The summed E-state index contributed by atoms with van der Waals surface area (Å²) in [7, 11) is 1.91. The third kappa shape index (κ3) is 2.90. The van der Waals surface area contributed by atoms with Crippen LogP contribution in [0.2, 0.25) is 5.15 Å². The van der Waals surface area contributed by atoms with Crippen molar-refractivity contribution in [3.63, 3.8) is 0 Å². The summed E-state index contributed by atoms with van der Waals surface area (Å²) in [6.45, 7) is 0. The van der Waals surface area contributed by atoms with E-state index in [1.807, 2.05) is 23.9 Å². The van der Waals surface area contributed by atoms with Crippen molar-refractivity contribution in [1.82, 2.24) is 19.7 Å². The van der Waals surface area contributed by atoms with Crippen molar-refractivity contribution in [1.29, 1.82) is 0 Å². The number of imidazole rings is 1. The summed E-state index contributed by atoms with van der Waals surface area (Å²) in [5.74, 6) is 0.829. The molecule has 21 heavy (non-hydrogen) atoms. The number of benzene rings is 1. The molecule has 7 heteroatoms. The fourth-order valence-electron chi connectivity index (χ4n) is 2.14. The van der Waals surface area contributed by atoms with Crippen LogP contribution in [0.4, 0.5) is 5.69 Å². The zero-order valence-electron chi connectivity index (χ0n) is 11.4. The van der Waals surface area contributed by atoms with Crippen LogP contribution >= 0.6 is 11.6 Å². The van der Waals surface area contributed by atoms with Crippen LogP contribution in [0.1, 0.15) is 12.2 Å². The first-order valence-corrected chi connectivity index (χ1v) is 6.91. The molecule has 2 heterocycles. The van der Waals surface area contributed by atoms with Gasteiger partial charge in [0.1, 0.15) is 11.0 Å². The van der Waals surface area contributed by atoms with Crippen molar-refractivity contribution in [3.05, 3.63) is 41.6 Å². The zero-order valence-corrected chi connectivity index (χ0v) is 12.2. The first-order chi connectivity index (χ1) is 10.1. The van der Waals surface area contributed by atoms with Crippen LogP contribution < -0.4 is 5.32 Å². The van der Waals surface area contributed by atoms with Crippen molar-refractivity contribution >= 4 is 34.1 Å². The highest BCUT2D eigenvalue weighted by Crippen LogP contribution is 2.23. The smallest absolute Gasteiger partial charge is 0.224 e. The van der Waals surface area contributed by atoms with E-state index in [0.29, 0.717) is 23.7 Å². The molecule has 0 aliphatic carbocycles. The molecule has 0 fully saturated rings. The monoisotopic (exact) mass is 303 g/mol. The van der Waals surface area contributed by atoms with Gasteiger partial charge in [0.2, 0.25) is 5.91 Å². The molecule has 1 amide bonds. The summed E-state index contributed by atoms with van der Waals surface area (Å²) in [4.78, 5) is 16.2. The molecule has 6 nitrogen and oxygen atoms in total. The van der Waals surface area contributed by atoms with Crippen molar-refractivity contribution in [2.45, 2.75) is 12.8 Å². The molecule has 0 saturated heterocycles. The van der Waals surface area contributed by atoms with Crippen LogP contribution in [0, 0.1) is 0 Å². The quantitative estimate of drug-likeness (QED) is 0.777. The van der Waals surface area contributed by atoms with Crippen molar-refractivity contribution in [3.8, 4) is 0 Å². The highest BCUT2D eigenvalue weighted by Gasteiger charge is 2.08. The summed E-state index contributed by atoms with van der Waals surface area (Å²) >= 11 is 5.99. The van der Waals surface area contributed by atoms with Crippen LogP contribution in [-0.2, 0) is 18.3 Å². The Morgan fingerprint density at radius 1 is 1.48 bits per heavy atom. The maximum Gasteiger partial charge on any atom is 0.224 e. The van der Waals surface area contributed by atoms with Gasteiger partial charge in [-0.15, -0.1) is 0 Å². The predicted molar refractivity (Wildman–Crippen MR) is 81.3 cm³/mol. The number of rotatable bonds is 4. The molecular formula is C14H14ClN5O. The summed E-state index contributed by atoms with van der Waals surface area (Å²) in [6.07, 6.45) is 4.57. The van der Waals surface area contributed by atoms with E-state index in [4.69, 9.17) is 11.6 Å². The molecule has 0 unspecified atom stereocenters. The highest BCUT2D eigenvalue weighted by atomic mass is 35.5. The first kappa shape index (κ1) is 13.6. The Balaban J connectivity index is 1.65. The van der Waals surface area contributed by atoms with Crippen LogP contribution in [0.15, 0.2) is 30.6 Å². The number of carbonyl (C=O) groups is 1. The number of H-pyrrole nitrogens is 1. The van der Waals surface area contributed by atoms with Gasteiger partial charge in [0.25, 0.3) is 0 Å². The second-order valence-electron chi connectivity index (χ2n) is 4.77. The molecule has 108 valence electrons. The van der Waals surface area contributed by atoms with Gasteiger partial charge >= 0.3 is 0 Å². The van der Waals surface area contributed by atoms with E-state index < -0.39 is 0 Å². The number of carbonyl (C=O) groups excluding carboxylic acids is 1. The standard InChI is InChI=1S/C14H14ClN5O/c1-20-7-6-16-12(20)4-5-13(21)17-9-2-3-11-10(8-9)14(15)19-18-11/h2-3,6-8H,4-5H2,1H3,(H,17,21)(H,18,19). The van der Waals surface area contributed by atoms with Gasteiger partial charge < -0.3 is 9.88 Å². The zero-order chi connectivity index (χ0) is 14.8. The highest BCUT2D eigenvalue weighted by molar-refractivity contribution is 6.34. The Bertz CT molecular complexity index is 792. The Hall–Kier alpha value is -2.34. The number of aromatic nitrogens is 4. The summed E-state index contributed by atoms with van der Waals surface area (Å²) in [5.41, 5.74) is 1.47. The molecule has 2 N–H and O–H groups in total. The molecule has 0 saturated carbocycles. The summed E-state index contributed by atoms with van der Waals surface area (Å²) < 4.78 is 1.91. The second kappa shape index (κ2) is 5.57. The van der Waals surface area contributed by atoms with Gasteiger partial charge in [-0.05, 0) is 18.2 Å². The van der Waals surface area contributed by atoms with E-state index in [0.717, 1.165) is 16.7 Å². The number of fused-ring (bicyclic) bond motifs is 1. The van der Waals surface area contributed by atoms with Crippen molar-refractivity contribution < 1.29 is 4.79 Å². The van der Waals surface area contributed by atoms with Crippen molar-refractivity contribution in [2.75, 3.05) is 5.32 Å². The van der Waals surface area contributed by atoms with E-state index in [1.54, 1.807) is 18.3 Å². The van der Waals surface area contributed by atoms with E-state index in [-0.39, 0.29) is 5.91 Å². The number of hydrogen-bond acceptors (Lipinski definition) is 3. The number of halogens is 1. The largest absolute Gasteiger partial charge is 0.338 e. The average Bonchev–Trinajstić information content (AvgIpc) is 3.04. The van der Waals surface area contributed by atoms with Gasteiger partial charge in [-0.2, -0.15) is 5.10 Å². The van der Waals surface area contributed by atoms with Gasteiger partial charge in [0.05, 0.1) is 5.52 Å². The van der Waals surface area contributed by atoms with Gasteiger partial charge in [-0.1, -0.05) is 11.6 Å². The number of anilines is 1. The molecule has 3 rings (SSSR count). The Morgan fingerprint density at radius 2 is 2.33 bits per heavy atom. The normalized spacial score (nSPS) is 11.0. The molecule has 0 bridgehead atoms. The van der Waals surface area contributed by atoms with E-state index in [9.17, 15) is 4.79 Å². The van der Waals surface area contributed by atoms with Gasteiger partial charge in [-0.3, -0.25) is 9.89 Å². The number of aromatic amines is 1. The average molecular weight is 304 g/mol. The second-order valence-corrected chi connectivity index (χ2v) is 5.15. The Labute approximate surface area is 126 Å². The lowest BCUT2D eigenvalue weighted by Gasteiger charge is -2.05. The molecule has 0 aliphatic rings. The van der Waals surface area contributed by atoms with E-state index in [1.165, 1.54) is 0 Å². The number of nitrogens with one attached hydrogen (secondary N) is 2. The van der Waals surface area contributed by atoms with E-state index in [2.05, 4.69) is 20.5 Å². The SMILES string of the molecule is Cn1ccnc1CCC(=O)Nc1ccc2n[nH]c(Cl)c2c1. The molecule has 0 atom stereocenters. The maximum atomic E-state index is 12.0. The molecule has 0 radical (unpaired) electrons. The molecule has 2 aromatic heterocycles. The molecule has 0 aliphatic heterocycles. The fourth-order valence-corrected chi connectivity index (χ4v) is 2.34. The lowest BCUT2D eigenvalue weighted by Crippen LogP contribution is -2.13. The summed E-state index contributed by atoms with van der Waals surface area (Å²) in [6, 6.07) is 5.42. The molecule has 0 spiro atoms. The lowest BCUT2D eigenvalue weighted by atomic mass is 10.2. The first-order valence-electron chi connectivity index (χ1n) is 6.53. The van der Waals surface area contributed by atoms with Crippen LogP contribution in [0.3, 0.4) is 0 Å². The number of nitrogens with zero attached hydrogens (tertiary/aromatic N) is 3. The topological polar surface area (TPSA) is 75.6 Å². The van der Waals surface area contributed by atoms with Gasteiger partial charge in [0.15, 0.2) is 0 Å². The minimum absolute atomic E-state index is 0.0584. The minimum Gasteiger partial charge on any atom is -0.338 e. The third-order valence-electron chi connectivity index (χ3n) is 3.29. The molecular weight excluding hydrogens is 290 g/mol. The van der Waals surface area contributed by atoms with Crippen LogP contribution in [-0.4, -0.2) is 25.7 Å². The van der Waals surface area contributed by atoms with Crippen LogP contribution in [0.5, 0.6) is 0 Å². The third-order valence-corrected chi connectivity index (χ3v) is 3.58. The van der Waals surface area contributed by atoms with Crippen LogP contribution in [0.25, 0.3) is 10.9 Å². The van der Waals surface area contributed by atoms with Gasteiger partial charge in [-0.25, -0.2) is 4.98 Å². The predicted octanol–water partition coefficient (Wildman–Crippen LogP) is 2.52. The van der Waals surface area contributed by atoms with Gasteiger partial charge in [0, 0.05) is 43.4 Å². The Kier molecular flexibility index (Phi) is 3.62. The summed E-state index contributed by atoms with van der Waals surface area (Å²) in [5, 5.41) is 10.9. The van der Waals surface area contributed by atoms with Crippen molar-refractivity contribution in [2.24, 2.45) is 7.05 Å².